The molecule has 122 valence electrons. The lowest BCUT2D eigenvalue weighted by atomic mass is 10.1. The summed E-state index contributed by atoms with van der Waals surface area (Å²) in [6.07, 6.45) is 0.00399. The van der Waals surface area contributed by atoms with E-state index in [1.165, 1.54) is 0 Å². The number of fused-ring (bicyclic) bond motifs is 1. The fourth-order valence-corrected chi connectivity index (χ4v) is 2.71. The predicted octanol–water partition coefficient (Wildman–Crippen LogP) is 5.29. The van der Waals surface area contributed by atoms with Crippen molar-refractivity contribution in [1.82, 2.24) is 0 Å². The average Bonchev–Trinajstić information content (AvgIpc) is 2.59. The van der Waals surface area contributed by atoms with Crippen molar-refractivity contribution in [2.45, 2.75) is 19.4 Å². The highest BCUT2D eigenvalue weighted by Crippen LogP contribution is 2.22. The second kappa shape index (κ2) is 7.37. The summed E-state index contributed by atoms with van der Waals surface area (Å²) >= 11 is 5.94. The quantitative estimate of drug-likeness (QED) is 0.686. The third-order valence-corrected chi connectivity index (χ3v) is 3.99. The van der Waals surface area contributed by atoms with Crippen LogP contribution in [0.1, 0.15) is 13.3 Å². The summed E-state index contributed by atoms with van der Waals surface area (Å²) < 4.78 is 5.89. The van der Waals surface area contributed by atoms with Gasteiger partial charge in [-0.2, -0.15) is 0 Å². The standard InChI is InChI=1S/C20H18ClNO2/c1-2-19(20(23)22-17-9-5-8-16(21)13-17)24-18-11-10-14-6-3-4-7-15(14)12-18/h3-13,19H,2H2,1H3,(H,22,23). The summed E-state index contributed by atoms with van der Waals surface area (Å²) in [5.41, 5.74) is 0.660. The van der Waals surface area contributed by atoms with Crippen LogP contribution in [0.4, 0.5) is 5.69 Å². The SMILES string of the molecule is CCC(Oc1ccc2ccccc2c1)C(=O)Nc1cccc(Cl)c1. The second-order valence-electron chi connectivity index (χ2n) is 5.52. The highest BCUT2D eigenvalue weighted by molar-refractivity contribution is 6.30. The first kappa shape index (κ1) is 16.3. The summed E-state index contributed by atoms with van der Waals surface area (Å²) in [6, 6.07) is 20.9. The molecule has 0 spiro atoms. The third-order valence-electron chi connectivity index (χ3n) is 3.75. The number of nitrogens with one attached hydrogen (secondary N) is 1. The van der Waals surface area contributed by atoms with E-state index in [0.29, 0.717) is 22.9 Å². The van der Waals surface area contributed by atoms with Gasteiger partial charge in [0.15, 0.2) is 6.10 Å². The molecule has 1 unspecified atom stereocenters. The zero-order valence-electron chi connectivity index (χ0n) is 13.3. The van der Waals surface area contributed by atoms with E-state index in [1.54, 1.807) is 24.3 Å². The molecular formula is C20H18ClNO2. The van der Waals surface area contributed by atoms with Crippen LogP contribution in [0.15, 0.2) is 66.7 Å². The normalized spacial score (nSPS) is 11.9. The van der Waals surface area contributed by atoms with Crippen LogP contribution >= 0.6 is 11.6 Å². The van der Waals surface area contributed by atoms with Gasteiger partial charge in [0.25, 0.3) is 5.91 Å². The largest absolute Gasteiger partial charge is 0.481 e. The molecule has 0 aliphatic carbocycles. The van der Waals surface area contributed by atoms with Crippen LogP contribution < -0.4 is 10.1 Å². The number of ether oxygens (including phenoxy) is 1. The molecule has 24 heavy (non-hydrogen) atoms. The zero-order chi connectivity index (χ0) is 16.9. The average molecular weight is 340 g/mol. The van der Waals surface area contributed by atoms with Crippen molar-refractivity contribution in [3.8, 4) is 5.75 Å². The number of anilines is 1. The van der Waals surface area contributed by atoms with Gasteiger partial charge >= 0.3 is 0 Å². The van der Waals surface area contributed by atoms with Crippen molar-refractivity contribution in [2.24, 2.45) is 0 Å². The maximum Gasteiger partial charge on any atom is 0.265 e. The monoisotopic (exact) mass is 339 g/mol. The van der Waals surface area contributed by atoms with Crippen LogP contribution in [-0.4, -0.2) is 12.0 Å². The molecule has 0 saturated carbocycles. The van der Waals surface area contributed by atoms with E-state index in [1.807, 2.05) is 49.4 Å². The lowest BCUT2D eigenvalue weighted by Crippen LogP contribution is -2.32. The van der Waals surface area contributed by atoms with Gasteiger partial charge in [0, 0.05) is 10.7 Å². The number of amides is 1. The highest BCUT2D eigenvalue weighted by atomic mass is 35.5. The van der Waals surface area contributed by atoms with E-state index in [4.69, 9.17) is 16.3 Å². The van der Waals surface area contributed by atoms with E-state index in [9.17, 15) is 4.79 Å². The number of hydrogen-bond donors (Lipinski definition) is 1. The Kier molecular flexibility index (Phi) is 5.02. The number of halogens is 1. The first-order chi connectivity index (χ1) is 11.7. The smallest absolute Gasteiger partial charge is 0.265 e. The van der Waals surface area contributed by atoms with Crippen molar-refractivity contribution in [2.75, 3.05) is 5.32 Å². The molecule has 0 saturated heterocycles. The van der Waals surface area contributed by atoms with Crippen molar-refractivity contribution in [3.63, 3.8) is 0 Å². The fraction of sp³-hybridized carbons (Fsp3) is 0.150. The molecule has 3 aromatic carbocycles. The van der Waals surface area contributed by atoms with E-state index in [2.05, 4.69) is 5.32 Å². The van der Waals surface area contributed by atoms with Crippen LogP contribution in [0.5, 0.6) is 5.75 Å². The first-order valence-electron chi connectivity index (χ1n) is 7.87. The topological polar surface area (TPSA) is 38.3 Å². The minimum absolute atomic E-state index is 0.187. The highest BCUT2D eigenvalue weighted by Gasteiger charge is 2.18. The minimum Gasteiger partial charge on any atom is -0.481 e. The van der Waals surface area contributed by atoms with Gasteiger partial charge in [-0.05, 0) is 47.5 Å². The van der Waals surface area contributed by atoms with Gasteiger partial charge in [-0.3, -0.25) is 4.79 Å². The van der Waals surface area contributed by atoms with E-state index in [0.717, 1.165) is 10.8 Å². The Morgan fingerprint density at radius 1 is 1.04 bits per heavy atom. The zero-order valence-corrected chi connectivity index (χ0v) is 14.1. The molecule has 0 bridgehead atoms. The number of rotatable bonds is 5. The Bertz CT molecular complexity index is 863. The number of benzene rings is 3. The van der Waals surface area contributed by atoms with E-state index in [-0.39, 0.29) is 5.91 Å². The molecule has 3 rings (SSSR count). The lowest BCUT2D eigenvalue weighted by Gasteiger charge is -2.17. The van der Waals surface area contributed by atoms with Gasteiger partial charge in [-0.15, -0.1) is 0 Å². The fourth-order valence-electron chi connectivity index (χ4n) is 2.52. The van der Waals surface area contributed by atoms with Gasteiger partial charge in [0.05, 0.1) is 0 Å². The molecule has 0 radical (unpaired) electrons. The van der Waals surface area contributed by atoms with Gasteiger partial charge < -0.3 is 10.1 Å². The summed E-state index contributed by atoms with van der Waals surface area (Å²) in [7, 11) is 0. The molecule has 4 heteroatoms. The summed E-state index contributed by atoms with van der Waals surface area (Å²) in [6.45, 7) is 1.92. The molecule has 0 fully saturated rings. The van der Waals surface area contributed by atoms with Gasteiger partial charge in [-0.25, -0.2) is 0 Å². The molecule has 0 aliphatic rings. The number of hydrogen-bond acceptors (Lipinski definition) is 2. The first-order valence-corrected chi connectivity index (χ1v) is 8.25. The van der Waals surface area contributed by atoms with Gasteiger partial charge in [0.1, 0.15) is 5.75 Å². The molecular weight excluding hydrogens is 322 g/mol. The summed E-state index contributed by atoms with van der Waals surface area (Å²) in [5, 5.41) is 5.65. The number of carbonyl (C=O) groups is 1. The van der Waals surface area contributed by atoms with E-state index < -0.39 is 6.10 Å². The van der Waals surface area contributed by atoms with Crippen molar-refractivity contribution in [1.29, 1.82) is 0 Å². The van der Waals surface area contributed by atoms with E-state index >= 15 is 0 Å². The molecule has 1 atom stereocenters. The van der Waals surface area contributed by atoms with Crippen LogP contribution in [-0.2, 0) is 4.79 Å². The lowest BCUT2D eigenvalue weighted by molar-refractivity contribution is -0.122. The van der Waals surface area contributed by atoms with Crippen LogP contribution in [0.2, 0.25) is 5.02 Å². The molecule has 0 heterocycles. The Balaban J connectivity index is 1.74. The van der Waals surface area contributed by atoms with Gasteiger partial charge in [-0.1, -0.05) is 54.9 Å². The summed E-state index contributed by atoms with van der Waals surface area (Å²) in [4.78, 5) is 12.4. The molecule has 3 nitrogen and oxygen atoms in total. The van der Waals surface area contributed by atoms with Crippen LogP contribution in [0, 0.1) is 0 Å². The maximum atomic E-state index is 12.4. The molecule has 0 aromatic heterocycles. The Morgan fingerprint density at radius 3 is 2.58 bits per heavy atom. The molecule has 0 aliphatic heterocycles. The van der Waals surface area contributed by atoms with Crippen molar-refractivity contribution in [3.05, 3.63) is 71.8 Å². The Hall–Kier alpha value is -2.52. The second-order valence-corrected chi connectivity index (χ2v) is 5.96. The molecule has 1 N–H and O–H groups in total. The predicted molar refractivity (Wildman–Crippen MR) is 98.7 cm³/mol. The minimum atomic E-state index is -0.565. The Labute approximate surface area is 146 Å². The maximum absolute atomic E-state index is 12.4. The molecule has 3 aromatic rings. The molecule has 1 amide bonds. The summed E-state index contributed by atoms with van der Waals surface area (Å²) in [5.74, 6) is 0.495. The third kappa shape index (κ3) is 3.87. The number of carbonyl (C=O) groups excluding carboxylic acids is 1. The van der Waals surface area contributed by atoms with Crippen LogP contribution in [0.25, 0.3) is 10.8 Å². The van der Waals surface area contributed by atoms with Crippen molar-refractivity contribution >= 4 is 34.0 Å². The van der Waals surface area contributed by atoms with Crippen LogP contribution in [0.3, 0.4) is 0 Å². The van der Waals surface area contributed by atoms with Crippen molar-refractivity contribution < 1.29 is 9.53 Å². The Morgan fingerprint density at radius 2 is 1.83 bits per heavy atom. The van der Waals surface area contributed by atoms with Gasteiger partial charge in [0.2, 0.25) is 0 Å².